The lowest BCUT2D eigenvalue weighted by Gasteiger charge is -2.15. The minimum atomic E-state index is -0.0699. The van der Waals surface area contributed by atoms with Gasteiger partial charge in [0.1, 0.15) is 0 Å². The van der Waals surface area contributed by atoms with Crippen LogP contribution in [0.5, 0.6) is 0 Å². The van der Waals surface area contributed by atoms with Crippen molar-refractivity contribution in [3.63, 3.8) is 0 Å². The SMILES string of the molecule is Cl.N[C@@H](c1cccs1)c1cc2ccccc2c2ccccc12. The van der Waals surface area contributed by atoms with Crippen LogP contribution in [0.2, 0.25) is 0 Å². The smallest absolute Gasteiger partial charge is 0.0652 e. The Morgan fingerprint density at radius 3 is 2.18 bits per heavy atom. The number of fused-ring (bicyclic) bond motifs is 3. The zero-order chi connectivity index (χ0) is 14.2. The minimum Gasteiger partial charge on any atom is -0.320 e. The third-order valence-electron chi connectivity index (χ3n) is 3.98. The summed E-state index contributed by atoms with van der Waals surface area (Å²) < 4.78 is 0. The summed E-state index contributed by atoms with van der Waals surface area (Å²) in [6, 6.07) is 23.4. The van der Waals surface area contributed by atoms with Gasteiger partial charge in [0.05, 0.1) is 6.04 Å². The molecule has 0 aliphatic carbocycles. The third kappa shape index (κ3) is 2.40. The molecule has 1 nitrogen and oxygen atoms in total. The van der Waals surface area contributed by atoms with Crippen LogP contribution < -0.4 is 5.73 Å². The predicted octanol–water partition coefficient (Wildman–Crippen LogP) is 5.52. The molecule has 3 heteroatoms. The summed E-state index contributed by atoms with van der Waals surface area (Å²) >= 11 is 1.71. The molecule has 22 heavy (non-hydrogen) atoms. The van der Waals surface area contributed by atoms with Crippen molar-refractivity contribution in [2.24, 2.45) is 5.73 Å². The molecule has 0 aliphatic heterocycles. The summed E-state index contributed by atoms with van der Waals surface area (Å²) in [6.45, 7) is 0. The van der Waals surface area contributed by atoms with Crippen molar-refractivity contribution >= 4 is 45.3 Å². The van der Waals surface area contributed by atoms with Gasteiger partial charge in [-0.05, 0) is 44.6 Å². The molecule has 1 atom stereocenters. The number of hydrogen-bond acceptors (Lipinski definition) is 2. The highest BCUT2D eigenvalue weighted by molar-refractivity contribution is 7.10. The highest BCUT2D eigenvalue weighted by Gasteiger charge is 2.14. The van der Waals surface area contributed by atoms with Crippen LogP contribution in [-0.4, -0.2) is 0 Å². The Hall–Kier alpha value is -1.87. The summed E-state index contributed by atoms with van der Waals surface area (Å²) in [4.78, 5) is 1.20. The number of hydrogen-bond donors (Lipinski definition) is 1. The first-order valence-electron chi connectivity index (χ1n) is 7.04. The van der Waals surface area contributed by atoms with Gasteiger partial charge in [-0.3, -0.25) is 0 Å². The van der Waals surface area contributed by atoms with E-state index >= 15 is 0 Å². The van der Waals surface area contributed by atoms with Crippen molar-refractivity contribution in [2.45, 2.75) is 6.04 Å². The van der Waals surface area contributed by atoms with Gasteiger partial charge < -0.3 is 5.73 Å². The van der Waals surface area contributed by atoms with Crippen LogP contribution in [0.15, 0.2) is 72.1 Å². The molecule has 0 unspecified atom stereocenters. The molecule has 4 rings (SSSR count). The Kier molecular flexibility index (Phi) is 4.16. The Bertz CT molecular complexity index is 915. The largest absolute Gasteiger partial charge is 0.320 e. The average Bonchev–Trinajstić information content (AvgIpc) is 3.08. The molecule has 0 spiro atoms. The quantitative estimate of drug-likeness (QED) is 0.482. The second-order valence-electron chi connectivity index (χ2n) is 5.23. The monoisotopic (exact) mass is 325 g/mol. The van der Waals surface area contributed by atoms with E-state index in [1.807, 2.05) is 0 Å². The molecule has 0 saturated heterocycles. The second kappa shape index (κ2) is 6.09. The first-order valence-corrected chi connectivity index (χ1v) is 7.92. The summed E-state index contributed by atoms with van der Waals surface area (Å²) in [7, 11) is 0. The fourth-order valence-electron chi connectivity index (χ4n) is 2.96. The van der Waals surface area contributed by atoms with Crippen molar-refractivity contribution in [2.75, 3.05) is 0 Å². The highest BCUT2D eigenvalue weighted by atomic mass is 35.5. The van der Waals surface area contributed by atoms with Crippen LogP contribution in [-0.2, 0) is 0 Å². The zero-order valence-corrected chi connectivity index (χ0v) is 13.5. The fourth-order valence-corrected chi connectivity index (χ4v) is 3.71. The van der Waals surface area contributed by atoms with Crippen LogP contribution in [0, 0.1) is 0 Å². The molecule has 1 aromatic heterocycles. The van der Waals surface area contributed by atoms with Gasteiger partial charge in [-0.15, -0.1) is 23.7 Å². The van der Waals surface area contributed by atoms with Gasteiger partial charge in [0.15, 0.2) is 0 Å². The van der Waals surface area contributed by atoms with Crippen molar-refractivity contribution in [3.8, 4) is 0 Å². The van der Waals surface area contributed by atoms with Gasteiger partial charge in [0.25, 0.3) is 0 Å². The molecule has 3 aromatic carbocycles. The van der Waals surface area contributed by atoms with Gasteiger partial charge in [0.2, 0.25) is 0 Å². The first kappa shape index (κ1) is 15.0. The minimum absolute atomic E-state index is 0. The second-order valence-corrected chi connectivity index (χ2v) is 6.20. The molecular weight excluding hydrogens is 310 g/mol. The van der Waals surface area contributed by atoms with E-state index in [2.05, 4.69) is 72.1 Å². The molecule has 0 aliphatic rings. The van der Waals surface area contributed by atoms with Gasteiger partial charge in [-0.25, -0.2) is 0 Å². The molecule has 2 N–H and O–H groups in total. The van der Waals surface area contributed by atoms with E-state index in [0.29, 0.717) is 0 Å². The van der Waals surface area contributed by atoms with Crippen LogP contribution in [0.25, 0.3) is 21.5 Å². The van der Waals surface area contributed by atoms with E-state index in [1.54, 1.807) is 11.3 Å². The van der Waals surface area contributed by atoms with Crippen molar-refractivity contribution in [1.82, 2.24) is 0 Å². The number of rotatable bonds is 2. The topological polar surface area (TPSA) is 26.0 Å². The molecule has 0 amide bonds. The van der Waals surface area contributed by atoms with Crippen LogP contribution >= 0.6 is 23.7 Å². The number of benzene rings is 3. The lowest BCUT2D eigenvalue weighted by atomic mass is 9.93. The van der Waals surface area contributed by atoms with Crippen molar-refractivity contribution < 1.29 is 0 Å². The van der Waals surface area contributed by atoms with Crippen molar-refractivity contribution in [3.05, 3.63) is 82.6 Å². The van der Waals surface area contributed by atoms with Crippen LogP contribution in [0.4, 0.5) is 0 Å². The molecule has 0 fully saturated rings. The first-order chi connectivity index (χ1) is 10.3. The van der Waals surface area contributed by atoms with Gasteiger partial charge in [0, 0.05) is 4.88 Å². The average molecular weight is 326 g/mol. The summed E-state index contributed by atoms with van der Waals surface area (Å²) in [5.74, 6) is 0. The molecular formula is C19H16ClNS. The third-order valence-corrected chi connectivity index (χ3v) is 4.94. The summed E-state index contributed by atoms with van der Waals surface area (Å²) in [5, 5.41) is 7.14. The number of thiophene rings is 1. The Balaban J connectivity index is 0.00000144. The number of nitrogens with two attached hydrogens (primary N) is 1. The van der Waals surface area contributed by atoms with E-state index in [4.69, 9.17) is 5.73 Å². The summed E-state index contributed by atoms with van der Waals surface area (Å²) in [5.41, 5.74) is 7.73. The standard InChI is InChI=1S/C19H15NS.ClH/c20-19(18-10-5-11-21-18)17-12-13-6-1-2-7-14(13)15-8-3-4-9-16(15)17;/h1-12,19H,20H2;1H/t19-;/m1./s1. The lowest BCUT2D eigenvalue weighted by Crippen LogP contribution is -2.10. The van der Waals surface area contributed by atoms with Gasteiger partial charge >= 0.3 is 0 Å². The highest BCUT2D eigenvalue weighted by Crippen LogP contribution is 2.34. The van der Waals surface area contributed by atoms with Crippen molar-refractivity contribution in [1.29, 1.82) is 0 Å². The van der Waals surface area contributed by atoms with E-state index in [-0.39, 0.29) is 18.4 Å². The number of halogens is 1. The Labute approximate surface area is 139 Å². The maximum absolute atomic E-state index is 6.53. The maximum atomic E-state index is 6.53. The Morgan fingerprint density at radius 2 is 1.45 bits per heavy atom. The normalized spacial score (nSPS) is 12.2. The fraction of sp³-hybridized carbons (Fsp3) is 0.0526. The molecule has 0 radical (unpaired) electrons. The summed E-state index contributed by atoms with van der Waals surface area (Å²) in [6.07, 6.45) is 0. The van der Waals surface area contributed by atoms with E-state index in [0.717, 1.165) is 0 Å². The van der Waals surface area contributed by atoms with E-state index in [9.17, 15) is 0 Å². The molecule has 0 bridgehead atoms. The molecule has 110 valence electrons. The zero-order valence-electron chi connectivity index (χ0n) is 11.9. The van der Waals surface area contributed by atoms with Crippen LogP contribution in [0.1, 0.15) is 16.5 Å². The van der Waals surface area contributed by atoms with Gasteiger partial charge in [-0.2, -0.15) is 0 Å². The molecule has 0 saturated carbocycles. The van der Waals surface area contributed by atoms with Crippen LogP contribution in [0.3, 0.4) is 0 Å². The van der Waals surface area contributed by atoms with E-state index in [1.165, 1.54) is 32.0 Å². The Morgan fingerprint density at radius 1 is 0.773 bits per heavy atom. The molecule has 4 aromatic rings. The van der Waals surface area contributed by atoms with Gasteiger partial charge in [-0.1, -0.05) is 54.6 Å². The van der Waals surface area contributed by atoms with E-state index < -0.39 is 0 Å². The lowest BCUT2D eigenvalue weighted by molar-refractivity contribution is 0.905. The predicted molar refractivity (Wildman–Crippen MR) is 99.1 cm³/mol. The maximum Gasteiger partial charge on any atom is 0.0652 e. The molecule has 1 heterocycles.